The summed E-state index contributed by atoms with van der Waals surface area (Å²) in [5, 5.41) is 2.33. The Kier molecular flexibility index (Phi) is 8.69. The molecule has 1 heterocycles. The van der Waals surface area contributed by atoms with Gasteiger partial charge in [-0.3, -0.25) is 0 Å². The molecule has 1 heteroatoms. The summed E-state index contributed by atoms with van der Waals surface area (Å²) in [7, 11) is 0. The van der Waals surface area contributed by atoms with E-state index in [1.807, 2.05) is 18.2 Å². The first-order chi connectivity index (χ1) is 28.2. The van der Waals surface area contributed by atoms with Crippen molar-refractivity contribution in [2.75, 3.05) is 0 Å². The lowest BCUT2D eigenvalue weighted by Crippen LogP contribution is -2.28. The van der Waals surface area contributed by atoms with Crippen LogP contribution in [0.3, 0.4) is 0 Å². The van der Waals surface area contributed by atoms with Crippen LogP contribution < -0.4 is 0 Å². The number of fused-ring (bicyclic) bond motifs is 6. The third kappa shape index (κ3) is 5.88. The highest BCUT2D eigenvalue weighted by Gasteiger charge is 2.46. The van der Waals surface area contributed by atoms with Crippen molar-refractivity contribution in [3.05, 3.63) is 252 Å². The predicted octanol–water partition coefficient (Wildman–Crippen LogP) is 14.9. The Hall–Kier alpha value is -7.22. The van der Waals surface area contributed by atoms with E-state index in [0.717, 1.165) is 16.7 Å². The summed E-state index contributed by atoms with van der Waals surface area (Å²) >= 11 is 0. The molecule has 0 atom stereocenters. The normalized spacial score (nSPS) is 12.4. The molecule has 1 aliphatic carbocycles. The van der Waals surface area contributed by atoms with Crippen molar-refractivity contribution in [2.24, 2.45) is 0 Å². The lowest BCUT2D eigenvalue weighted by molar-refractivity contribution is 0.670. The number of para-hydroxylation sites is 2. The van der Waals surface area contributed by atoms with Crippen molar-refractivity contribution in [1.29, 1.82) is 0 Å². The maximum atomic E-state index is 6.18. The van der Waals surface area contributed by atoms with Crippen LogP contribution >= 0.6 is 0 Å². The average molecular weight is 729 g/mol. The molecular weight excluding hydrogens is 689 g/mol. The summed E-state index contributed by atoms with van der Waals surface area (Å²) in [6.45, 7) is 2.17. The fraction of sp³-hybridized carbons (Fsp3) is 0.0357. The van der Waals surface area contributed by atoms with Crippen LogP contribution in [0.4, 0.5) is 0 Å². The molecule has 10 aromatic rings. The van der Waals surface area contributed by atoms with E-state index in [1.54, 1.807) is 0 Å². The predicted molar refractivity (Wildman–Crippen MR) is 239 cm³/mol. The highest BCUT2D eigenvalue weighted by molar-refractivity contribution is 6.09. The molecular formula is C56H40O. The first-order valence-electron chi connectivity index (χ1n) is 19.7. The number of hydrogen-bond donors (Lipinski definition) is 0. The molecule has 270 valence electrons. The van der Waals surface area contributed by atoms with Crippen LogP contribution in [0, 0.1) is 6.92 Å². The zero-order chi connectivity index (χ0) is 38.2. The molecule has 0 radical (unpaired) electrons. The molecule has 0 bridgehead atoms. The summed E-state index contributed by atoms with van der Waals surface area (Å²) in [5.74, 6) is 0. The van der Waals surface area contributed by atoms with Gasteiger partial charge < -0.3 is 4.42 Å². The van der Waals surface area contributed by atoms with Gasteiger partial charge in [-0.1, -0.05) is 218 Å². The van der Waals surface area contributed by atoms with Crippen LogP contribution in [-0.2, 0) is 5.41 Å². The quantitative estimate of drug-likeness (QED) is 0.172. The Morgan fingerprint density at radius 2 is 0.860 bits per heavy atom. The molecule has 11 rings (SSSR count). The summed E-state index contributed by atoms with van der Waals surface area (Å²) in [6, 6.07) is 80.3. The Balaban J connectivity index is 0.000000143. The lowest BCUT2D eigenvalue weighted by Gasteiger charge is -2.34. The second kappa shape index (κ2) is 14.5. The zero-order valence-corrected chi connectivity index (χ0v) is 31.8. The van der Waals surface area contributed by atoms with Gasteiger partial charge in [0.2, 0.25) is 0 Å². The maximum Gasteiger partial charge on any atom is 0.143 e. The number of benzene rings is 9. The minimum atomic E-state index is -0.339. The van der Waals surface area contributed by atoms with Crippen LogP contribution in [0.5, 0.6) is 0 Å². The van der Waals surface area contributed by atoms with Crippen molar-refractivity contribution >= 4 is 21.9 Å². The van der Waals surface area contributed by atoms with E-state index in [9.17, 15) is 0 Å². The molecule has 0 N–H and O–H groups in total. The van der Waals surface area contributed by atoms with Crippen LogP contribution in [0.25, 0.3) is 66.4 Å². The average Bonchev–Trinajstić information content (AvgIpc) is 3.82. The van der Waals surface area contributed by atoms with Gasteiger partial charge in [-0.15, -0.1) is 0 Å². The van der Waals surface area contributed by atoms with E-state index in [-0.39, 0.29) is 5.41 Å². The van der Waals surface area contributed by atoms with Gasteiger partial charge in [0.25, 0.3) is 0 Å². The second-order valence-corrected chi connectivity index (χ2v) is 14.9. The molecule has 57 heavy (non-hydrogen) atoms. The van der Waals surface area contributed by atoms with Crippen molar-refractivity contribution in [3.8, 4) is 44.5 Å². The van der Waals surface area contributed by atoms with E-state index in [0.29, 0.717) is 0 Å². The third-order valence-corrected chi connectivity index (χ3v) is 11.5. The van der Waals surface area contributed by atoms with Gasteiger partial charge in [0, 0.05) is 16.3 Å². The minimum Gasteiger partial charge on any atom is -0.455 e. The molecule has 0 saturated heterocycles. The fourth-order valence-electron chi connectivity index (χ4n) is 9.02. The Labute approximate surface area is 334 Å². The number of aryl methyl sites for hydroxylation is 1. The largest absolute Gasteiger partial charge is 0.455 e. The van der Waals surface area contributed by atoms with E-state index in [2.05, 4.69) is 213 Å². The van der Waals surface area contributed by atoms with Gasteiger partial charge in [0.1, 0.15) is 11.2 Å². The van der Waals surface area contributed by atoms with Gasteiger partial charge in [-0.25, -0.2) is 0 Å². The van der Waals surface area contributed by atoms with E-state index < -0.39 is 0 Å². The Morgan fingerprint density at radius 1 is 0.351 bits per heavy atom. The topological polar surface area (TPSA) is 13.1 Å². The first kappa shape index (κ1) is 34.3. The molecule has 0 amide bonds. The molecule has 0 aliphatic heterocycles. The number of hydrogen-bond acceptors (Lipinski definition) is 1. The van der Waals surface area contributed by atoms with E-state index in [4.69, 9.17) is 4.42 Å². The zero-order valence-electron chi connectivity index (χ0n) is 31.8. The van der Waals surface area contributed by atoms with E-state index in [1.165, 1.54) is 77.5 Å². The highest BCUT2D eigenvalue weighted by atomic mass is 16.3. The lowest BCUT2D eigenvalue weighted by atomic mass is 9.67. The smallest absolute Gasteiger partial charge is 0.143 e. The summed E-state index contributed by atoms with van der Waals surface area (Å²) in [5.41, 5.74) is 18.1. The number of rotatable bonds is 5. The first-order valence-corrected chi connectivity index (χ1v) is 19.7. The maximum absolute atomic E-state index is 6.18. The SMILES string of the molecule is Cc1cccc(-c2cccc3c2-c2ccccc2C3(c2ccccc2)c2ccccc2)c1.c1ccc(-c2cccc(-c3cccc4c3oc3ccccc34)c2)cc1. The van der Waals surface area contributed by atoms with Gasteiger partial charge in [-0.05, 0) is 80.3 Å². The van der Waals surface area contributed by atoms with Gasteiger partial charge >= 0.3 is 0 Å². The molecule has 0 saturated carbocycles. The molecule has 9 aromatic carbocycles. The van der Waals surface area contributed by atoms with Gasteiger partial charge in [0.15, 0.2) is 0 Å². The van der Waals surface area contributed by atoms with Gasteiger partial charge in [0.05, 0.1) is 5.41 Å². The Bertz CT molecular complexity index is 2970. The monoisotopic (exact) mass is 728 g/mol. The summed E-state index contributed by atoms with van der Waals surface area (Å²) in [4.78, 5) is 0. The standard InChI is InChI=1S/C32H24.C24H16O/c1-23-12-10-13-24(22-23)27-19-11-21-30-31(27)28-18-8-9-20-29(28)32(30,25-14-4-2-5-15-25)26-16-6-3-7-17-26;1-2-8-17(9-3-1)18-10-6-11-19(16-18)20-13-7-14-22-21-12-4-5-15-23(21)25-24(20)22/h2-22H,1H3;1-16H. The fourth-order valence-corrected chi connectivity index (χ4v) is 9.02. The van der Waals surface area contributed by atoms with E-state index >= 15 is 0 Å². The Morgan fingerprint density at radius 3 is 1.61 bits per heavy atom. The molecule has 0 unspecified atom stereocenters. The van der Waals surface area contributed by atoms with Crippen molar-refractivity contribution in [2.45, 2.75) is 12.3 Å². The second-order valence-electron chi connectivity index (χ2n) is 14.9. The highest BCUT2D eigenvalue weighted by Crippen LogP contribution is 2.58. The minimum absolute atomic E-state index is 0.339. The van der Waals surface area contributed by atoms with Crippen LogP contribution in [0.1, 0.15) is 27.8 Å². The molecule has 1 aliphatic rings. The molecule has 0 fully saturated rings. The van der Waals surface area contributed by atoms with Crippen LogP contribution in [-0.4, -0.2) is 0 Å². The third-order valence-electron chi connectivity index (χ3n) is 11.5. The summed E-state index contributed by atoms with van der Waals surface area (Å²) in [6.07, 6.45) is 0. The molecule has 0 spiro atoms. The van der Waals surface area contributed by atoms with Crippen molar-refractivity contribution in [3.63, 3.8) is 0 Å². The number of furan rings is 1. The van der Waals surface area contributed by atoms with Crippen molar-refractivity contribution in [1.82, 2.24) is 0 Å². The van der Waals surface area contributed by atoms with Crippen molar-refractivity contribution < 1.29 is 4.42 Å². The van der Waals surface area contributed by atoms with Crippen LogP contribution in [0.15, 0.2) is 229 Å². The molecule has 1 nitrogen and oxygen atoms in total. The summed E-state index contributed by atoms with van der Waals surface area (Å²) < 4.78 is 6.18. The molecule has 1 aromatic heterocycles. The van der Waals surface area contributed by atoms with Crippen LogP contribution in [0.2, 0.25) is 0 Å². The van der Waals surface area contributed by atoms with Gasteiger partial charge in [-0.2, -0.15) is 0 Å².